The molecular weight excluding hydrogens is 451 g/mol. The van der Waals surface area contributed by atoms with Crippen molar-refractivity contribution in [2.24, 2.45) is 5.92 Å². The lowest BCUT2D eigenvalue weighted by Gasteiger charge is -2.41. The summed E-state index contributed by atoms with van der Waals surface area (Å²) in [7, 11) is 0. The van der Waals surface area contributed by atoms with Gasteiger partial charge >= 0.3 is 0 Å². The molecule has 2 atom stereocenters. The number of nitrogens with zero attached hydrogens (tertiary/aromatic N) is 3. The number of nitrogens with one attached hydrogen (secondary N) is 1. The van der Waals surface area contributed by atoms with Crippen LogP contribution < -0.4 is 5.32 Å². The van der Waals surface area contributed by atoms with Crippen LogP contribution in [0.5, 0.6) is 0 Å². The van der Waals surface area contributed by atoms with Gasteiger partial charge in [0.2, 0.25) is 5.91 Å². The maximum absolute atomic E-state index is 13.8. The Balaban J connectivity index is 1.60. The van der Waals surface area contributed by atoms with Crippen LogP contribution in [0, 0.1) is 34.4 Å². The number of hydrogen-bond acceptors (Lipinski definition) is 5. The van der Waals surface area contributed by atoms with E-state index < -0.39 is 17.8 Å². The molecule has 2 aliphatic rings. The third-order valence-corrected chi connectivity index (χ3v) is 7.32. The van der Waals surface area contributed by atoms with Crippen molar-refractivity contribution in [3.05, 3.63) is 86.9 Å². The molecule has 8 heteroatoms. The molecule has 3 aromatic rings. The number of fused-ring (bicyclic) bond motifs is 1. The molecule has 1 N–H and O–H groups in total. The molecule has 1 fully saturated rings. The zero-order valence-electron chi connectivity index (χ0n) is 18.0. The Kier molecular flexibility index (Phi) is 5.61. The summed E-state index contributed by atoms with van der Waals surface area (Å²) in [5.74, 6) is -1.50. The average molecular weight is 471 g/mol. The second-order valence-electron chi connectivity index (χ2n) is 8.52. The number of carbonyl (C=O) groups is 2. The van der Waals surface area contributed by atoms with Crippen molar-refractivity contribution in [3.63, 3.8) is 0 Å². The van der Waals surface area contributed by atoms with E-state index in [4.69, 9.17) is 5.26 Å². The van der Waals surface area contributed by atoms with Crippen molar-refractivity contribution < 1.29 is 14.0 Å². The van der Waals surface area contributed by atoms with Crippen LogP contribution in [0.1, 0.15) is 56.0 Å². The zero-order chi connectivity index (χ0) is 23.8. The lowest BCUT2D eigenvalue weighted by molar-refractivity contribution is -0.119. The van der Waals surface area contributed by atoms with Gasteiger partial charge in [0.15, 0.2) is 0 Å². The summed E-state index contributed by atoms with van der Waals surface area (Å²) in [6, 6.07) is 17.8. The number of halogens is 1. The van der Waals surface area contributed by atoms with E-state index in [-0.39, 0.29) is 17.4 Å². The van der Waals surface area contributed by atoms with Crippen LogP contribution in [0.3, 0.4) is 0 Å². The number of hydrogen-bond donors (Lipinski definition) is 1. The highest BCUT2D eigenvalue weighted by Gasteiger charge is 2.46. The number of carbonyl (C=O) groups excluding carboxylic acids is 2. The Morgan fingerprint density at radius 1 is 1.12 bits per heavy atom. The monoisotopic (exact) mass is 470 g/mol. The minimum absolute atomic E-state index is 0.128. The smallest absolute Gasteiger partial charge is 0.254 e. The highest BCUT2D eigenvalue weighted by atomic mass is 32.1. The van der Waals surface area contributed by atoms with Crippen LogP contribution in [-0.2, 0) is 4.79 Å². The predicted molar refractivity (Wildman–Crippen MR) is 124 cm³/mol. The van der Waals surface area contributed by atoms with Gasteiger partial charge in [-0.25, -0.2) is 4.39 Å². The minimum atomic E-state index is -0.742. The maximum atomic E-state index is 13.8. The Hall–Kier alpha value is -4.01. The van der Waals surface area contributed by atoms with Crippen LogP contribution in [-0.4, -0.2) is 23.3 Å². The minimum Gasteiger partial charge on any atom is -0.329 e. The Morgan fingerprint density at radius 2 is 1.91 bits per heavy atom. The van der Waals surface area contributed by atoms with E-state index in [0.29, 0.717) is 34.2 Å². The van der Waals surface area contributed by atoms with Crippen molar-refractivity contribution in [1.29, 1.82) is 10.5 Å². The van der Waals surface area contributed by atoms with E-state index in [1.165, 1.54) is 23.5 Å². The first-order valence-corrected chi connectivity index (χ1v) is 11.7. The van der Waals surface area contributed by atoms with Crippen LogP contribution in [0.25, 0.3) is 0 Å². The molecule has 1 saturated carbocycles. The molecule has 0 radical (unpaired) electrons. The van der Waals surface area contributed by atoms with Gasteiger partial charge in [0.05, 0.1) is 17.5 Å². The van der Waals surface area contributed by atoms with Crippen molar-refractivity contribution >= 4 is 28.8 Å². The van der Waals surface area contributed by atoms with Gasteiger partial charge < -0.3 is 10.2 Å². The molecule has 6 nitrogen and oxygen atoms in total. The third-order valence-electron chi connectivity index (χ3n) is 6.26. The second-order valence-corrected chi connectivity index (χ2v) is 9.64. The summed E-state index contributed by atoms with van der Waals surface area (Å²) in [6.07, 6.45) is 2.07. The largest absolute Gasteiger partial charge is 0.329 e. The van der Waals surface area contributed by atoms with Gasteiger partial charge in [-0.1, -0.05) is 18.2 Å². The molecule has 2 heterocycles. The topological polar surface area (TPSA) is 97.0 Å². The van der Waals surface area contributed by atoms with Crippen molar-refractivity contribution in [2.45, 2.75) is 24.8 Å². The molecule has 1 aromatic heterocycles. The van der Waals surface area contributed by atoms with Crippen LogP contribution in [0.15, 0.2) is 54.6 Å². The Labute approximate surface area is 199 Å². The first-order valence-electron chi connectivity index (χ1n) is 10.9. The van der Waals surface area contributed by atoms with Gasteiger partial charge in [-0.2, -0.15) is 10.5 Å². The molecule has 0 saturated heterocycles. The fourth-order valence-electron chi connectivity index (χ4n) is 4.45. The molecule has 168 valence electrons. The van der Waals surface area contributed by atoms with Gasteiger partial charge in [-0.05, 0) is 60.7 Å². The second kappa shape index (κ2) is 8.74. The van der Waals surface area contributed by atoms with Crippen molar-refractivity contribution in [2.75, 3.05) is 11.9 Å². The fourth-order valence-corrected chi connectivity index (χ4v) is 5.41. The summed E-state index contributed by atoms with van der Waals surface area (Å²) in [6.45, 7) is 0.538. The molecular formula is C26H19FN4O2S. The summed E-state index contributed by atoms with van der Waals surface area (Å²) in [5.41, 5.74) is 1.22. The molecule has 0 bridgehead atoms. The van der Waals surface area contributed by atoms with E-state index in [1.807, 2.05) is 0 Å². The van der Waals surface area contributed by atoms with Gasteiger partial charge in [-0.3, -0.25) is 9.59 Å². The van der Waals surface area contributed by atoms with Crippen molar-refractivity contribution in [3.8, 4) is 12.1 Å². The predicted octanol–water partition coefficient (Wildman–Crippen LogP) is 4.96. The van der Waals surface area contributed by atoms with Crippen LogP contribution in [0.2, 0.25) is 0 Å². The molecule has 0 unspecified atom stereocenters. The molecule has 0 spiro atoms. The number of benzene rings is 2. The molecule has 34 heavy (non-hydrogen) atoms. The lowest BCUT2D eigenvalue weighted by atomic mass is 9.81. The normalized spacial score (nSPS) is 19.1. The molecule has 5 rings (SSSR count). The van der Waals surface area contributed by atoms with Gasteiger partial charge in [0, 0.05) is 22.7 Å². The SMILES string of the molecule is N#Cc1ccc([C@H]2[C@H](C(=O)Nc3ccc(F)c(C#N)c3)c3ccccc3C(=O)N2CC2CC2)s1. The van der Waals surface area contributed by atoms with Gasteiger partial charge in [-0.15, -0.1) is 11.3 Å². The third kappa shape index (κ3) is 3.93. The number of nitriles is 2. The summed E-state index contributed by atoms with van der Waals surface area (Å²) in [5, 5.41) is 21.3. The van der Waals surface area contributed by atoms with Crippen molar-refractivity contribution in [1.82, 2.24) is 4.90 Å². The Morgan fingerprint density at radius 3 is 2.62 bits per heavy atom. The van der Waals surface area contributed by atoms with Crippen LogP contribution in [0.4, 0.5) is 10.1 Å². The maximum Gasteiger partial charge on any atom is 0.254 e. The number of anilines is 1. The van der Waals surface area contributed by atoms with E-state index in [9.17, 15) is 19.2 Å². The van der Waals surface area contributed by atoms with Gasteiger partial charge in [0.25, 0.3) is 5.91 Å². The summed E-state index contributed by atoms with van der Waals surface area (Å²) < 4.78 is 13.8. The number of thiophene rings is 1. The first kappa shape index (κ1) is 21.8. The number of rotatable bonds is 5. The van der Waals surface area contributed by atoms with Gasteiger partial charge in [0.1, 0.15) is 22.8 Å². The zero-order valence-corrected chi connectivity index (χ0v) is 18.8. The van der Waals surface area contributed by atoms with E-state index in [1.54, 1.807) is 47.4 Å². The molecule has 1 aliphatic heterocycles. The molecule has 1 aliphatic carbocycles. The lowest BCUT2D eigenvalue weighted by Crippen LogP contribution is -2.46. The molecule has 2 aromatic carbocycles. The quantitative estimate of drug-likeness (QED) is 0.570. The highest BCUT2D eigenvalue weighted by Crippen LogP contribution is 2.47. The van der Waals surface area contributed by atoms with E-state index in [2.05, 4.69) is 11.4 Å². The average Bonchev–Trinajstić information content (AvgIpc) is 3.54. The fraction of sp³-hybridized carbons (Fsp3) is 0.231. The number of amides is 2. The van der Waals surface area contributed by atoms with E-state index >= 15 is 0 Å². The summed E-state index contributed by atoms with van der Waals surface area (Å²) in [4.78, 5) is 30.3. The van der Waals surface area contributed by atoms with E-state index in [0.717, 1.165) is 23.8 Å². The molecule has 2 amide bonds. The van der Waals surface area contributed by atoms with Crippen LogP contribution >= 0.6 is 11.3 Å². The summed E-state index contributed by atoms with van der Waals surface area (Å²) >= 11 is 1.28. The standard InChI is InChI=1S/C26H19FN4O2S/c27-21-9-7-17(11-16(21)12-28)30-25(32)23-19-3-1-2-4-20(19)26(33)31(14-15-5-6-15)24(23)22-10-8-18(13-29)34-22/h1-4,7-11,15,23-24H,5-6,14H2,(H,30,32)/t23-,24+/m1/s1. The highest BCUT2D eigenvalue weighted by molar-refractivity contribution is 7.12. The Bertz CT molecular complexity index is 1380. The first-order chi connectivity index (χ1) is 16.5.